The molecule has 2 heterocycles. The molecule has 1 saturated heterocycles. The number of carbonyl (C=O) groups excluding carboxylic acids is 1. The molecule has 2 aromatic rings. The molecule has 22 heavy (non-hydrogen) atoms. The Hall–Kier alpha value is -2.14. The number of nitrogens with one attached hydrogen (secondary N) is 1. The van der Waals surface area contributed by atoms with E-state index in [1.807, 2.05) is 6.07 Å². The third-order valence-electron chi connectivity index (χ3n) is 4.09. The van der Waals surface area contributed by atoms with E-state index in [1.165, 1.54) is 5.56 Å². The highest BCUT2D eigenvalue weighted by Crippen LogP contribution is 2.26. The molecule has 1 aromatic heterocycles. The summed E-state index contributed by atoms with van der Waals surface area (Å²) in [6, 6.07) is 12.3. The Morgan fingerprint density at radius 3 is 2.95 bits per heavy atom. The van der Waals surface area contributed by atoms with E-state index in [-0.39, 0.29) is 5.91 Å². The van der Waals surface area contributed by atoms with Gasteiger partial charge in [0.1, 0.15) is 5.76 Å². The molecule has 5 nitrogen and oxygen atoms in total. The average Bonchev–Trinajstić information content (AvgIpc) is 3.15. The second-order valence-corrected chi connectivity index (χ2v) is 5.82. The molecule has 1 aliphatic heterocycles. The summed E-state index contributed by atoms with van der Waals surface area (Å²) in [6.07, 6.45) is 1.64. The molecule has 1 fully saturated rings. The van der Waals surface area contributed by atoms with Crippen molar-refractivity contribution < 1.29 is 9.32 Å². The predicted octanol–water partition coefficient (Wildman–Crippen LogP) is 2.80. The summed E-state index contributed by atoms with van der Waals surface area (Å²) in [7, 11) is 0. The van der Waals surface area contributed by atoms with Crippen molar-refractivity contribution in [2.24, 2.45) is 0 Å². The smallest absolute Gasteiger partial charge is 0.226 e. The molecule has 1 amide bonds. The summed E-state index contributed by atoms with van der Waals surface area (Å²) in [5.41, 5.74) is 1.40. The summed E-state index contributed by atoms with van der Waals surface area (Å²) < 4.78 is 4.93. The first-order chi connectivity index (χ1) is 10.7. The summed E-state index contributed by atoms with van der Waals surface area (Å²) in [5.74, 6) is 1.76. The minimum Gasteiger partial charge on any atom is -0.360 e. The van der Waals surface area contributed by atoms with Crippen LogP contribution in [0.5, 0.6) is 0 Å². The third kappa shape index (κ3) is 3.74. The van der Waals surface area contributed by atoms with Crippen molar-refractivity contribution in [3.8, 4) is 0 Å². The Balaban J connectivity index is 1.44. The molecule has 1 N–H and O–H groups in total. The van der Waals surface area contributed by atoms with Gasteiger partial charge in [0.25, 0.3) is 0 Å². The van der Waals surface area contributed by atoms with E-state index < -0.39 is 0 Å². The first kappa shape index (κ1) is 14.8. The fourth-order valence-corrected chi connectivity index (χ4v) is 2.92. The lowest BCUT2D eigenvalue weighted by molar-refractivity contribution is -0.116. The first-order valence-corrected chi connectivity index (χ1v) is 7.71. The van der Waals surface area contributed by atoms with Gasteiger partial charge in [0.05, 0.1) is 0 Å². The minimum absolute atomic E-state index is 0.0172. The van der Waals surface area contributed by atoms with Crippen molar-refractivity contribution in [2.45, 2.75) is 25.7 Å². The fourth-order valence-electron chi connectivity index (χ4n) is 2.92. The largest absolute Gasteiger partial charge is 0.360 e. The Morgan fingerprint density at radius 2 is 2.23 bits per heavy atom. The quantitative estimate of drug-likeness (QED) is 0.922. The maximum absolute atomic E-state index is 11.9. The zero-order valence-electron chi connectivity index (χ0n) is 12.8. The van der Waals surface area contributed by atoms with Gasteiger partial charge in [-0.25, -0.2) is 0 Å². The molecule has 0 bridgehead atoms. The number of rotatable bonds is 5. The Morgan fingerprint density at radius 1 is 1.41 bits per heavy atom. The van der Waals surface area contributed by atoms with Gasteiger partial charge in [-0.1, -0.05) is 35.5 Å². The molecular formula is C17H21N3O2. The van der Waals surface area contributed by atoms with Crippen LogP contribution >= 0.6 is 0 Å². The minimum atomic E-state index is -0.0172. The van der Waals surface area contributed by atoms with E-state index in [2.05, 4.69) is 39.6 Å². The van der Waals surface area contributed by atoms with Gasteiger partial charge in [-0.2, -0.15) is 0 Å². The van der Waals surface area contributed by atoms with Crippen LogP contribution in [0.15, 0.2) is 40.9 Å². The number of anilines is 1. The van der Waals surface area contributed by atoms with Crippen LogP contribution in [0.1, 0.15) is 30.1 Å². The van der Waals surface area contributed by atoms with Crippen LogP contribution in [0, 0.1) is 6.92 Å². The normalized spacial score (nSPS) is 18.5. The topological polar surface area (TPSA) is 58.4 Å². The SMILES string of the molecule is Cc1cc(NC(=O)CCN2CCC(c3ccccc3)C2)no1. The fraction of sp³-hybridized carbons (Fsp3) is 0.412. The monoisotopic (exact) mass is 299 g/mol. The summed E-state index contributed by atoms with van der Waals surface area (Å²) in [4.78, 5) is 14.3. The van der Waals surface area contributed by atoms with Crippen molar-refractivity contribution in [3.05, 3.63) is 47.7 Å². The number of likely N-dealkylation sites (tertiary alicyclic amines) is 1. The van der Waals surface area contributed by atoms with Gasteiger partial charge in [0, 0.05) is 25.6 Å². The molecule has 116 valence electrons. The number of aromatic nitrogens is 1. The van der Waals surface area contributed by atoms with Crippen molar-refractivity contribution in [2.75, 3.05) is 25.0 Å². The van der Waals surface area contributed by atoms with E-state index in [4.69, 9.17) is 4.52 Å². The highest BCUT2D eigenvalue weighted by molar-refractivity contribution is 5.89. The molecule has 0 spiro atoms. The molecule has 1 atom stereocenters. The van der Waals surface area contributed by atoms with E-state index in [9.17, 15) is 4.79 Å². The van der Waals surface area contributed by atoms with Gasteiger partial charge in [0.15, 0.2) is 5.82 Å². The molecule has 5 heteroatoms. The number of amides is 1. The standard InChI is InChI=1S/C17H21N3O2/c1-13-11-16(19-22-13)18-17(21)8-10-20-9-7-15(12-20)14-5-3-2-4-6-14/h2-6,11,15H,7-10,12H2,1H3,(H,18,19,21). The third-order valence-corrected chi connectivity index (χ3v) is 4.09. The van der Waals surface area contributed by atoms with Gasteiger partial charge in [0.2, 0.25) is 5.91 Å². The van der Waals surface area contributed by atoms with Crippen molar-refractivity contribution in [3.63, 3.8) is 0 Å². The average molecular weight is 299 g/mol. The van der Waals surface area contributed by atoms with Crippen molar-refractivity contribution in [1.82, 2.24) is 10.1 Å². The maximum Gasteiger partial charge on any atom is 0.226 e. The van der Waals surface area contributed by atoms with Crippen molar-refractivity contribution in [1.29, 1.82) is 0 Å². The van der Waals surface area contributed by atoms with Gasteiger partial charge >= 0.3 is 0 Å². The number of nitrogens with zero attached hydrogens (tertiary/aromatic N) is 2. The first-order valence-electron chi connectivity index (χ1n) is 7.71. The van der Waals surface area contributed by atoms with Crippen LogP contribution in [0.4, 0.5) is 5.82 Å². The zero-order chi connectivity index (χ0) is 15.4. The molecular weight excluding hydrogens is 278 g/mol. The Kier molecular flexibility index (Phi) is 4.53. The summed E-state index contributed by atoms with van der Waals surface area (Å²) >= 11 is 0. The van der Waals surface area contributed by atoms with Gasteiger partial charge in [-0.05, 0) is 31.4 Å². The molecule has 0 aliphatic carbocycles. The van der Waals surface area contributed by atoms with Crippen LogP contribution in [0.2, 0.25) is 0 Å². The van der Waals surface area contributed by atoms with Gasteiger partial charge < -0.3 is 14.7 Å². The predicted molar refractivity (Wildman–Crippen MR) is 84.7 cm³/mol. The molecule has 3 rings (SSSR count). The van der Waals surface area contributed by atoms with E-state index >= 15 is 0 Å². The van der Waals surface area contributed by atoms with Crippen LogP contribution in [0.25, 0.3) is 0 Å². The van der Waals surface area contributed by atoms with Crippen molar-refractivity contribution >= 4 is 11.7 Å². The van der Waals surface area contributed by atoms with Crippen LogP contribution < -0.4 is 5.32 Å². The Bertz CT molecular complexity index is 624. The van der Waals surface area contributed by atoms with Crippen LogP contribution in [-0.2, 0) is 4.79 Å². The highest BCUT2D eigenvalue weighted by Gasteiger charge is 2.23. The maximum atomic E-state index is 11.9. The second kappa shape index (κ2) is 6.75. The number of aryl methyl sites for hydroxylation is 1. The number of hydrogen-bond donors (Lipinski definition) is 1. The number of hydrogen-bond acceptors (Lipinski definition) is 4. The van der Waals surface area contributed by atoms with E-state index in [1.54, 1.807) is 13.0 Å². The molecule has 0 radical (unpaired) electrons. The molecule has 1 unspecified atom stereocenters. The lowest BCUT2D eigenvalue weighted by Crippen LogP contribution is -2.25. The van der Waals surface area contributed by atoms with E-state index in [0.717, 1.165) is 26.1 Å². The van der Waals surface area contributed by atoms with Gasteiger partial charge in [-0.15, -0.1) is 0 Å². The Labute approximate surface area is 130 Å². The molecule has 1 aromatic carbocycles. The second-order valence-electron chi connectivity index (χ2n) is 5.82. The van der Waals surface area contributed by atoms with Gasteiger partial charge in [-0.3, -0.25) is 4.79 Å². The highest BCUT2D eigenvalue weighted by atomic mass is 16.5. The summed E-state index contributed by atoms with van der Waals surface area (Å²) in [5, 5.41) is 6.53. The number of carbonyl (C=O) groups is 1. The summed E-state index contributed by atoms with van der Waals surface area (Å²) in [6.45, 7) is 4.67. The lowest BCUT2D eigenvalue weighted by atomic mass is 9.99. The van der Waals surface area contributed by atoms with E-state index in [0.29, 0.717) is 23.9 Å². The number of benzene rings is 1. The zero-order valence-corrected chi connectivity index (χ0v) is 12.8. The van der Waals surface area contributed by atoms with Crippen LogP contribution in [-0.4, -0.2) is 35.6 Å². The van der Waals surface area contributed by atoms with Crippen LogP contribution in [0.3, 0.4) is 0 Å². The molecule has 0 saturated carbocycles. The molecule has 1 aliphatic rings. The lowest BCUT2D eigenvalue weighted by Gasteiger charge is -2.15.